The van der Waals surface area contributed by atoms with E-state index in [0.717, 1.165) is 13.0 Å². The summed E-state index contributed by atoms with van der Waals surface area (Å²) in [7, 11) is 2.11. The van der Waals surface area contributed by atoms with E-state index in [-0.39, 0.29) is 5.41 Å². The highest BCUT2D eigenvalue weighted by Crippen LogP contribution is 2.18. The van der Waals surface area contributed by atoms with E-state index < -0.39 is 0 Å². The highest BCUT2D eigenvalue weighted by atomic mass is 32.1. The van der Waals surface area contributed by atoms with Crippen molar-refractivity contribution in [1.29, 1.82) is 0 Å². The molecule has 1 rings (SSSR count). The average molecular weight is 267 g/mol. The Balaban J connectivity index is 2.36. The van der Waals surface area contributed by atoms with Crippen LogP contribution in [0.5, 0.6) is 0 Å². The summed E-state index contributed by atoms with van der Waals surface area (Å²) >= 11 is 1.80. The van der Waals surface area contributed by atoms with Crippen LogP contribution in [0.2, 0.25) is 0 Å². The lowest BCUT2D eigenvalue weighted by molar-refractivity contribution is -0.126. The molecular formula is C15H25NOS. The minimum absolute atomic E-state index is 0.210. The van der Waals surface area contributed by atoms with Crippen LogP contribution in [0, 0.1) is 5.41 Å². The topological polar surface area (TPSA) is 20.3 Å². The van der Waals surface area contributed by atoms with Crippen LogP contribution in [0.3, 0.4) is 0 Å². The molecule has 3 heteroatoms. The Morgan fingerprint density at radius 1 is 1.44 bits per heavy atom. The highest BCUT2D eigenvalue weighted by Gasteiger charge is 2.21. The van der Waals surface area contributed by atoms with E-state index in [1.165, 1.54) is 4.88 Å². The fourth-order valence-electron chi connectivity index (χ4n) is 1.75. The molecule has 0 amide bonds. The molecule has 0 saturated carbocycles. The quantitative estimate of drug-likeness (QED) is 0.784. The van der Waals surface area contributed by atoms with Crippen LogP contribution in [0.25, 0.3) is 0 Å². The maximum absolute atomic E-state index is 11.9. The van der Waals surface area contributed by atoms with Crippen molar-refractivity contribution in [3.8, 4) is 0 Å². The molecule has 0 saturated heterocycles. The van der Waals surface area contributed by atoms with Gasteiger partial charge in [0.05, 0.1) is 0 Å². The zero-order valence-electron chi connectivity index (χ0n) is 12.2. The van der Waals surface area contributed by atoms with Crippen molar-refractivity contribution in [1.82, 2.24) is 4.90 Å². The predicted molar refractivity (Wildman–Crippen MR) is 79.2 cm³/mol. The van der Waals surface area contributed by atoms with Gasteiger partial charge in [0, 0.05) is 29.3 Å². The second-order valence-corrected chi connectivity index (χ2v) is 7.07. The lowest BCUT2D eigenvalue weighted by atomic mass is 9.89. The van der Waals surface area contributed by atoms with Crippen LogP contribution in [0.1, 0.15) is 39.0 Å². The van der Waals surface area contributed by atoms with Crippen LogP contribution in [-0.4, -0.2) is 30.3 Å². The van der Waals surface area contributed by atoms with E-state index in [2.05, 4.69) is 36.4 Å². The molecule has 1 aromatic heterocycles. The number of carbonyl (C=O) groups excluding carboxylic acids is 1. The minimum atomic E-state index is -0.210. The number of likely N-dealkylation sites (N-methyl/N-ethyl adjacent to an activating group) is 1. The molecule has 0 aromatic carbocycles. The van der Waals surface area contributed by atoms with Crippen LogP contribution >= 0.6 is 11.3 Å². The van der Waals surface area contributed by atoms with Gasteiger partial charge in [-0.3, -0.25) is 4.79 Å². The third kappa shape index (κ3) is 4.91. The summed E-state index contributed by atoms with van der Waals surface area (Å²) in [5.41, 5.74) is -0.210. The molecule has 18 heavy (non-hydrogen) atoms. The van der Waals surface area contributed by atoms with Gasteiger partial charge in [-0.1, -0.05) is 26.8 Å². The molecule has 1 heterocycles. The highest BCUT2D eigenvalue weighted by molar-refractivity contribution is 7.09. The number of carbonyl (C=O) groups is 1. The van der Waals surface area contributed by atoms with Gasteiger partial charge in [-0.2, -0.15) is 0 Å². The molecule has 0 aliphatic heterocycles. The number of hydrogen-bond donors (Lipinski definition) is 0. The minimum Gasteiger partial charge on any atom is -0.303 e. The van der Waals surface area contributed by atoms with E-state index in [9.17, 15) is 4.79 Å². The molecule has 0 fully saturated rings. The number of hydrogen-bond acceptors (Lipinski definition) is 3. The van der Waals surface area contributed by atoms with Crippen molar-refractivity contribution in [2.75, 3.05) is 13.6 Å². The molecule has 0 radical (unpaired) electrons. The first-order chi connectivity index (χ1) is 8.30. The second kappa shape index (κ2) is 6.48. The van der Waals surface area contributed by atoms with Crippen LogP contribution in [-0.2, 0) is 11.2 Å². The third-order valence-corrected chi connectivity index (χ3v) is 4.26. The summed E-state index contributed by atoms with van der Waals surface area (Å²) in [5, 5.41) is 2.12. The number of thiophene rings is 1. The van der Waals surface area contributed by atoms with Gasteiger partial charge in [-0.15, -0.1) is 11.3 Å². The van der Waals surface area contributed by atoms with Gasteiger partial charge in [0.1, 0.15) is 5.78 Å². The maximum Gasteiger partial charge on any atom is 0.139 e. The number of ketones is 1. The Bertz CT molecular complexity index is 364. The predicted octanol–water partition coefficient (Wildman–Crippen LogP) is 3.62. The summed E-state index contributed by atoms with van der Waals surface area (Å²) in [4.78, 5) is 15.6. The van der Waals surface area contributed by atoms with Crippen molar-refractivity contribution in [3.05, 3.63) is 22.4 Å². The van der Waals surface area contributed by atoms with Crippen molar-refractivity contribution < 1.29 is 4.79 Å². The molecule has 0 bridgehead atoms. The van der Waals surface area contributed by atoms with Crippen molar-refractivity contribution in [2.24, 2.45) is 5.41 Å². The summed E-state index contributed by atoms with van der Waals surface area (Å²) in [6, 6.07) is 4.75. The SMILES string of the molecule is CC(Cc1cccs1)N(C)CCC(=O)C(C)(C)C. The van der Waals surface area contributed by atoms with E-state index in [1.54, 1.807) is 11.3 Å². The van der Waals surface area contributed by atoms with Gasteiger partial charge >= 0.3 is 0 Å². The maximum atomic E-state index is 11.9. The third-order valence-electron chi connectivity index (χ3n) is 3.36. The smallest absolute Gasteiger partial charge is 0.139 e. The fraction of sp³-hybridized carbons (Fsp3) is 0.667. The average Bonchev–Trinajstić information content (AvgIpc) is 2.76. The first-order valence-corrected chi connectivity index (χ1v) is 7.44. The zero-order valence-corrected chi connectivity index (χ0v) is 13.0. The van der Waals surface area contributed by atoms with Crippen molar-refractivity contribution in [3.63, 3.8) is 0 Å². The lowest BCUT2D eigenvalue weighted by Gasteiger charge is -2.25. The Morgan fingerprint density at radius 2 is 2.11 bits per heavy atom. The summed E-state index contributed by atoms with van der Waals surface area (Å²) in [5.74, 6) is 0.345. The molecule has 1 aromatic rings. The summed E-state index contributed by atoms with van der Waals surface area (Å²) in [6.07, 6.45) is 1.71. The normalized spacial score (nSPS) is 13.9. The van der Waals surface area contributed by atoms with Crippen molar-refractivity contribution >= 4 is 17.1 Å². The molecule has 0 aliphatic carbocycles. The van der Waals surface area contributed by atoms with Gasteiger partial charge in [0.15, 0.2) is 0 Å². The fourth-order valence-corrected chi connectivity index (χ4v) is 2.58. The lowest BCUT2D eigenvalue weighted by Crippen LogP contribution is -2.34. The van der Waals surface area contributed by atoms with Gasteiger partial charge in [-0.05, 0) is 31.8 Å². The molecule has 102 valence electrons. The molecule has 0 spiro atoms. The number of rotatable bonds is 6. The molecular weight excluding hydrogens is 242 g/mol. The Hall–Kier alpha value is -0.670. The second-order valence-electron chi connectivity index (χ2n) is 6.04. The van der Waals surface area contributed by atoms with Crippen molar-refractivity contribution in [2.45, 2.75) is 46.6 Å². The van der Waals surface area contributed by atoms with E-state index >= 15 is 0 Å². The monoisotopic (exact) mass is 267 g/mol. The first-order valence-electron chi connectivity index (χ1n) is 6.56. The van der Waals surface area contributed by atoms with E-state index in [4.69, 9.17) is 0 Å². The Morgan fingerprint density at radius 3 is 2.61 bits per heavy atom. The van der Waals surface area contributed by atoms with Gasteiger partial charge in [0.2, 0.25) is 0 Å². The molecule has 2 nitrogen and oxygen atoms in total. The van der Waals surface area contributed by atoms with Crippen LogP contribution in [0.4, 0.5) is 0 Å². The first kappa shape index (κ1) is 15.4. The van der Waals surface area contributed by atoms with E-state index in [0.29, 0.717) is 18.2 Å². The summed E-state index contributed by atoms with van der Waals surface area (Å²) in [6.45, 7) is 9.04. The largest absolute Gasteiger partial charge is 0.303 e. The van der Waals surface area contributed by atoms with Gasteiger partial charge in [-0.25, -0.2) is 0 Å². The van der Waals surface area contributed by atoms with Crippen LogP contribution < -0.4 is 0 Å². The Labute approximate surface area is 115 Å². The zero-order chi connectivity index (χ0) is 13.8. The van der Waals surface area contributed by atoms with Gasteiger partial charge < -0.3 is 4.90 Å². The number of nitrogens with zero attached hydrogens (tertiary/aromatic N) is 1. The van der Waals surface area contributed by atoms with Gasteiger partial charge in [0.25, 0.3) is 0 Å². The molecule has 1 atom stereocenters. The number of Topliss-reactive ketones (excluding diaryl/α,β-unsaturated/α-hetero) is 1. The Kier molecular flexibility index (Phi) is 5.54. The molecule has 0 aliphatic rings. The summed E-state index contributed by atoms with van der Waals surface area (Å²) < 4.78 is 0. The van der Waals surface area contributed by atoms with E-state index in [1.807, 2.05) is 20.8 Å². The molecule has 0 N–H and O–H groups in total. The molecule has 1 unspecified atom stereocenters. The van der Waals surface area contributed by atoms with Crippen LogP contribution in [0.15, 0.2) is 17.5 Å². The standard InChI is InChI=1S/C15H25NOS/c1-12(11-13-7-6-10-18-13)16(5)9-8-14(17)15(2,3)4/h6-7,10,12H,8-9,11H2,1-5H3.